The molecule has 0 spiro atoms. The molecule has 0 amide bonds. The molecule has 1 aromatic carbocycles. The van der Waals surface area contributed by atoms with Gasteiger partial charge in [0.15, 0.2) is 17.5 Å². The van der Waals surface area contributed by atoms with Gasteiger partial charge in [-0.3, -0.25) is 0 Å². The Bertz CT molecular complexity index is 423. The van der Waals surface area contributed by atoms with Gasteiger partial charge in [-0.1, -0.05) is 0 Å². The molecule has 7 heteroatoms. The summed E-state index contributed by atoms with van der Waals surface area (Å²) >= 11 is 7.87. The Kier molecular flexibility index (Phi) is 3.98. The van der Waals surface area contributed by atoms with E-state index in [1.165, 1.54) is 0 Å². The van der Waals surface area contributed by atoms with Crippen LogP contribution in [0.1, 0.15) is 0 Å². The number of hydrogen-bond donors (Lipinski definition) is 1. The summed E-state index contributed by atoms with van der Waals surface area (Å²) in [5, 5.41) is 0. The first-order chi connectivity index (χ1) is 6.97. The summed E-state index contributed by atoms with van der Waals surface area (Å²) < 4.78 is 38.3. The zero-order valence-corrected chi connectivity index (χ0v) is 9.54. The second-order valence-corrected chi connectivity index (χ2v) is 3.62. The number of rotatable bonds is 2. The third-order valence-electron chi connectivity index (χ3n) is 1.48. The SMILES string of the molecule is NC(CCl)=Nc1cc(F)c(F)c(Br)c1F. The predicted molar refractivity (Wildman–Crippen MR) is 56.0 cm³/mol. The Balaban J connectivity index is 3.33. The zero-order valence-electron chi connectivity index (χ0n) is 7.20. The minimum absolute atomic E-state index is 0.0894. The van der Waals surface area contributed by atoms with Crippen LogP contribution >= 0.6 is 27.5 Å². The molecule has 0 bridgehead atoms. The van der Waals surface area contributed by atoms with Gasteiger partial charge in [0.1, 0.15) is 11.5 Å². The third kappa shape index (κ3) is 2.63. The Morgan fingerprint density at radius 2 is 2.00 bits per heavy atom. The van der Waals surface area contributed by atoms with Crippen molar-refractivity contribution in [3.63, 3.8) is 0 Å². The third-order valence-corrected chi connectivity index (χ3v) is 2.45. The average molecular weight is 301 g/mol. The van der Waals surface area contributed by atoms with Gasteiger partial charge in [0.2, 0.25) is 0 Å². The van der Waals surface area contributed by atoms with Crippen LogP contribution < -0.4 is 5.73 Å². The van der Waals surface area contributed by atoms with Crippen molar-refractivity contribution in [1.29, 1.82) is 0 Å². The van der Waals surface area contributed by atoms with Crippen LogP contribution in [-0.2, 0) is 0 Å². The van der Waals surface area contributed by atoms with Crippen LogP contribution in [-0.4, -0.2) is 11.7 Å². The molecule has 0 aliphatic rings. The molecule has 2 nitrogen and oxygen atoms in total. The monoisotopic (exact) mass is 300 g/mol. The molecule has 0 radical (unpaired) electrons. The van der Waals surface area contributed by atoms with Gasteiger partial charge in [-0.25, -0.2) is 18.2 Å². The topological polar surface area (TPSA) is 38.4 Å². The lowest BCUT2D eigenvalue weighted by Crippen LogP contribution is -2.12. The lowest BCUT2D eigenvalue weighted by atomic mass is 10.3. The Labute approximate surface area is 97.1 Å². The number of nitrogens with two attached hydrogens (primary N) is 1. The summed E-state index contributed by atoms with van der Waals surface area (Å²) in [6.45, 7) is 0. The maximum atomic E-state index is 13.3. The van der Waals surface area contributed by atoms with Gasteiger partial charge in [0, 0.05) is 6.07 Å². The van der Waals surface area contributed by atoms with Crippen molar-refractivity contribution in [2.45, 2.75) is 0 Å². The summed E-state index contributed by atoms with van der Waals surface area (Å²) in [5.41, 5.74) is 4.83. The maximum absolute atomic E-state index is 13.3. The fraction of sp³-hybridized carbons (Fsp3) is 0.125. The van der Waals surface area contributed by atoms with Crippen molar-refractivity contribution >= 4 is 39.1 Å². The lowest BCUT2D eigenvalue weighted by Gasteiger charge is -2.03. The summed E-state index contributed by atoms with van der Waals surface area (Å²) in [6.07, 6.45) is 0. The van der Waals surface area contributed by atoms with E-state index in [-0.39, 0.29) is 11.7 Å². The molecule has 0 atom stereocenters. The molecule has 0 saturated carbocycles. The molecule has 15 heavy (non-hydrogen) atoms. The van der Waals surface area contributed by atoms with Crippen LogP contribution in [0.4, 0.5) is 18.9 Å². The van der Waals surface area contributed by atoms with E-state index < -0.39 is 27.6 Å². The van der Waals surface area contributed by atoms with E-state index >= 15 is 0 Å². The molecule has 0 aliphatic carbocycles. The Morgan fingerprint density at radius 3 is 2.53 bits per heavy atom. The van der Waals surface area contributed by atoms with E-state index in [1.807, 2.05) is 0 Å². The smallest absolute Gasteiger partial charge is 0.176 e. The van der Waals surface area contributed by atoms with Gasteiger partial charge < -0.3 is 5.73 Å². The van der Waals surface area contributed by atoms with Crippen molar-refractivity contribution in [3.05, 3.63) is 28.0 Å². The van der Waals surface area contributed by atoms with E-state index in [9.17, 15) is 13.2 Å². The van der Waals surface area contributed by atoms with Crippen LogP contribution in [0.15, 0.2) is 15.5 Å². The van der Waals surface area contributed by atoms with Crippen LogP contribution in [0.25, 0.3) is 0 Å². The van der Waals surface area contributed by atoms with Gasteiger partial charge in [-0.2, -0.15) is 0 Å². The summed E-state index contributed by atoms with van der Waals surface area (Å²) in [7, 11) is 0. The number of aliphatic imine (C=N–C) groups is 1. The van der Waals surface area contributed by atoms with Gasteiger partial charge >= 0.3 is 0 Å². The van der Waals surface area contributed by atoms with Gasteiger partial charge in [-0.05, 0) is 15.9 Å². The fourth-order valence-electron chi connectivity index (χ4n) is 0.826. The van der Waals surface area contributed by atoms with Gasteiger partial charge in [-0.15, -0.1) is 11.6 Å². The molecule has 82 valence electrons. The lowest BCUT2D eigenvalue weighted by molar-refractivity contribution is 0.489. The average Bonchev–Trinajstić information content (AvgIpc) is 2.22. The molecule has 0 aliphatic heterocycles. The normalized spacial score (nSPS) is 11.9. The molecule has 0 heterocycles. The van der Waals surface area contributed by atoms with Crippen molar-refractivity contribution in [3.8, 4) is 0 Å². The zero-order chi connectivity index (χ0) is 11.6. The maximum Gasteiger partial charge on any atom is 0.176 e. The number of amidine groups is 1. The summed E-state index contributed by atoms with van der Waals surface area (Å²) in [6, 6.07) is 0.606. The minimum Gasteiger partial charge on any atom is -0.386 e. The van der Waals surface area contributed by atoms with Crippen LogP contribution in [0, 0.1) is 17.5 Å². The molecule has 0 fully saturated rings. The highest BCUT2D eigenvalue weighted by molar-refractivity contribution is 9.10. The van der Waals surface area contributed by atoms with Crippen molar-refractivity contribution in [1.82, 2.24) is 0 Å². The molecule has 2 N–H and O–H groups in total. The molecular formula is C8H5BrClF3N2. The van der Waals surface area contributed by atoms with Crippen molar-refractivity contribution in [2.75, 3.05) is 5.88 Å². The largest absolute Gasteiger partial charge is 0.386 e. The first kappa shape index (κ1) is 12.3. The van der Waals surface area contributed by atoms with Crippen LogP contribution in [0.5, 0.6) is 0 Å². The van der Waals surface area contributed by atoms with Gasteiger partial charge in [0.05, 0.1) is 10.4 Å². The summed E-state index contributed by atoms with van der Waals surface area (Å²) in [4.78, 5) is 3.49. The number of hydrogen-bond acceptors (Lipinski definition) is 1. The Hall–Kier alpha value is -0.750. The minimum atomic E-state index is -1.31. The first-order valence-electron chi connectivity index (χ1n) is 3.69. The molecule has 0 unspecified atom stereocenters. The highest BCUT2D eigenvalue weighted by atomic mass is 79.9. The number of benzene rings is 1. The van der Waals surface area contributed by atoms with Crippen molar-refractivity contribution < 1.29 is 13.2 Å². The predicted octanol–water partition coefficient (Wildman–Crippen LogP) is 3.09. The quantitative estimate of drug-likeness (QED) is 0.294. The van der Waals surface area contributed by atoms with E-state index in [1.54, 1.807) is 0 Å². The first-order valence-corrected chi connectivity index (χ1v) is 5.02. The highest BCUT2D eigenvalue weighted by Gasteiger charge is 2.16. The number of nitrogens with zero attached hydrogens (tertiary/aromatic N) is 1. The molecule has 1 aromatic rings. The highest BCUT2D eigenvalue weighted by Crippen LogP contribution is 2.30. The standard InChI is InChI=1S/C8H5BrClF3N2/c9-6-7(12)3(11)1-4(8(6)13)15-5(14)2-10/h1H,2H2,(H2,14,15). The number of halogens is 5. The van der Waals surface area contributed by atoms with E-state index in [0.29, 0.717) is 6.07 Å². The second-order valence-electron chi connectivity index (χ2n) is 2.56. The van der Waals surface area contributed by atoms with E-state index in [0.717, 1.165) is 0 Å². The van der Waals surface area contributed by atoms with Gasteiger partial charge in [0.25, 0.3) is 0 Å². The molecular weight excluding hydrogens is 296 g/mol. The molecule has 0 saturated heterocycles. The number of alkyl halides is 1. The van der Waals surface area contributed by atoms with E-state index in [4.69, 9.17) is 17.3 Å². The molecule has 1 rings (SSSR count). The van der Waals surface area contributed by atoms with Crippen LogP contribution in [0.3, 0.4) is 0 Å². The fourth-order valence-corrected chi connectivity index (χ4v) is 1.28. The summed E-state index contributed by atoms with van der Waals surface area (Å²) in [5.74, 6) is -3.77. The van der Waals surface area contributed by atoms with Crippen molar-refractivity contribution in [2.24, 2.45) is 10.7 Å². The molecule has 0 aromatic heterocycles. The van der Waals surface area contributed by atoms with Crippen LogP contribution in [0.2, 0.25) is 0 Å². The van der Waals surface area contributed by atoms with E-state index in [2.05, 4.69) is 20.9 Å². The second kappa shape index (κ2) is 4.85. The Morgan fingerprint density at radius 1 is 1.40 bits per heavy atom.